The lowest BCUT2D eigenvalue weighted by Gasteiger charge is -2.27. The lowest BCUT2D eigenvalue weighted by Crippen LogP contribution is -2.58. The Morgan fingerprint density at radius 3 is 2.16 bits per heavy atom. The van der Waals surface area contributed by atoms with Crippen molar-refractivity contribution in [3.63, 3.8) is 0 Å². The first-order chi connectivity index (χ1) is 14.7. The van der Waals surface area contributed by atoms with E-state index in [1.807, 2.05) is 0 Å². The van der Waals surface area contributed by atoms with Gasteiger partial charge >= 0.3 is 18.1 Å². The molecule has 0 bridgehead atoms. The van der Waals surface area contributed by atoms with Crippen molar-refractivity contribution in [2.75, 3.05) is 7.11 Å². The second-order valence-electron chi connectivity index (χ2n) is 6.09. The molecular weight excluding hydrogens is 516 g/mol. The summed E-state index contributed by atoms with van der Waals surface area (Å²) >= 11 is 17.8. The third-order valence-electron chi connectivity index (χ3n) is 3.79. The van der Waals surface area contributed by atoms with E-state index in [4.69, 9.17) is 44.3 Å². The summed E-state index contributed by atoms with van der Waals surface area (Å²) < 4.78 is 99.2. The van der Waals surface area contributed by atoms with Crippen LogP contribution in [0.25, 0.3) is 0 Å². The number of hydrogen-bond acceptors (Lipinski definition) is 4. The molecule has 2 aromatic rings. The van der Waals surface area contributed by atoms with Gasteiger partial charge in [0.1, 0.15) is 6.61 Å². The third kappa shape index (κ3) is 5.81. The number of nitrogens with one attached hydrogen (secondary N) is 1. The number of hydrogen-bond donors (Lipinski definition) is 1. The maximum Gasteiger partial charge on any atom is 0.462 e. The van der Waals surface area contributed by atoms with Crippen LogP contribution in [0.15, 0.2) is 35.4 Å². The molecule has 2 rings (SSSR count). The summed E-state index contributed by atoms with van der Waals surface area (Å²) in [4.78, 5) is 0. The Balaban J connectivity index is 2.18. The standard InChI is InChI=1S/C18H12Cl3F7N2O2/c1-31-14-6-10(7-29-30-18(27,28)16(22,23)17(24,25)26)5-13(21)15(14)32-8-9-2-3-11(19)12(20)4-9/h2-7,30H,8H2,1H3/b29-7+. The monoisotopic (exact) mass is 526 g/mol. The van der Waals surface area contributed by atoms with Crippen molar-refractivity contribution in [3.8, 4) is 11.5 Å². The Morgan fingerprint density at radius 2 is 1.59 bits per heavy atom. The molecule has 0 amide bonds. The Bertz CT molecular complexity index is 1000. The molecule has 0 saturated heterocycles. The maximum absolute atomic E-state index is 13.2. The highest BCUT2D eigenvalue weighted by molar-refractivity contribution is 6.42. The molecule has 0 saturated carbocycles. The quantitative estimate of drug-likeness (QED) is 0.175. The predicted octanol–water partition coefficient (Wildman–Crippen LogP) is 6.95. The number of alkyl halides is 7. The molecule has 176 valence electrons. The number of ether oxygens (including phenoxy) is 2. The fraction of sp³-hybridized carbons (Fsp3) is 0.278. The number of hydrazone groups is 1. The number of methoxy groups -OCH3 is 1. The topological polar surface area (TPSA) is 42.8 Å². The van der Waals surface area contributed by atoms with E-state index in [1.54, 1.807) is 18.2 Å². The molecule has 0 atom stereocenters. The van der Waals surface area contributed by atoms with Gasteiger partial charge in [-0.25, -0.2) is 5.43 Å². The molecule has 0 spiro atoms. The number of halogens is 10. The summed E-state index contributed by atoms with van der Waals surface area (Å²) in [5, 5.41) is 3.30. The van der Waals surface area contributed by atoms with Gasteiger partial charge < -0.3 is 9.47 Å². The number of nitrogens with zero attached hydrogens (tertiary/aromatic N) is 1. The van der Waals surface area contributed by atoms with Gasteiger partial charge in [0.25, 0.3) is 0 Å². The Hall–Kier alpha value is -2.11. The maximum atomic E-state index is 13.2. The molecule has 0 aliphatic heterocycles. The van der Waals surface area contributed by atoms with Crippen LogP contribution in [0.3, 0.4) is 0 Å². The average molecular weight is 528 g/mol. The minimum atomic E-state index is -6.49. The molecule has 32 heavy (non-hydrogen) atoms. The minimum absolute atomic E-state index is 0.00592. The van der Waals surface area contributed by atoms with E-state index < -0.39 is 18.1 Å². The van der Waals surface area contributed by atoms with Crippen molar-refractivity contribution in [2.24, 2.45) is 5.10 Å². The van der Waals surface area contributed by atoms with Crippen LogP contribution in [0, 0.1) is 0 Å². The van der Waals surface area contributed by atoms with Crippen LogP contribution in [0.4, 0.5) is 30.7 Å². The first-order valence-electron chi connectivity index (χ1n) is 8.26. The molecular formula is C18H12Cl3F7N2O2. The molecule has 1 N–H and O–H groups in total. The Morgan fingerprint density at radius 1 is 0.938 bits per heavy atom. The third-order valence-corrected chi connectivity index (χ3v) is 4.81. The van der Waals surface area contributed by atoms with Gasteiger partial charge in [-0.05, 0) is 35.4 Å². The van der Waals surface area contributed by atoms with E-state index in [1.165, 1.54) is 13.2 Å². The first-order valence-corrected chi connectivity index (χ1v) is 9.40. The molecule has 0 aliphatic rings. The highest BCUT2D eigenvalue weighted by Crippen LogP contribution is 2.45. The second kappa shape index (κ2) is 9.80. The first kappa shape index (κ1) is 26.1. The zero-order chi connectivity index (χ0) is 24.3. The lowest BCUT2D eigenvalue weighted by atomic mass is 10.2. The second-order valence-corrected chi connectivity index (χ2v) is 7.31. The lowest BCUT2D eigenvalue weighted by molar-refractivity contribution is -0.361. The summed E-state index contributed by atoms with van der Waals surface area (Å²) in [5.74, 6) is -6.31. The Kier molecular flexibility index (Phi) is 8.01. The van der Waals surface area contributed by atoms with Crippen LogP contribution >= 0.6 is 34.8 Å². The molecule has 0 heterocycles. The van der Waals surface area contributed by atoms with Crippen LogP contribution in [-0.2, 0) is 6.61 Å². The molecule has 14 heteroatoms. The molecule has 0 aromatic heterocycles. The van der Waals surface area contributed by atoms with Crippen molar-refractivity contribution in [1.29, 1.82) is 0 Å². The molecule has 4 nitrogen and oxygen atoms in total. The SMILES string of the molecule is COc1cc(/C=N/NC(F)(F)C(F)(F)C(F)(F)F)cc(Cl)c1OCc1ccc(Cl)c(Cl)c1. The summed E-state index contributed by atoms with van der Waals surface area (Å²) in [5.41, 5.74) is 1.07. The van der Waals surface area contributed by atoms with Gasteiger partial charge in [-0.15, -0.1) is 0 Å². The average Bonchev–Trinajstić information content (AvgIpc) is 2.68. The molecule has 0 fully saturated rings. The Labute approximate surface area is 191 Å². The molecule has 0 unspecified atom stereocenters. The fourth-order valence-electron chi connectivity index (χ4n) is 2.18. The van der Waals surface area contributed by atoms with E-state index in [2.05, 4.69) is 5.10 Å². The van der Waals surface area contributed by atoms with E-state index in [9.17, 15) is 30.7 Å². The molecule has 0 radical (unpaired) electrons. The van der Waals surface area contributed by atoms with Crippen LogP contribution in [0.5, 0.6) is 11.5 Å². The van der Waals surface area contributed by atoms with Crippen LogP contribution in [0.2, 0.25) is 15.1 Å². The summed E-state index contributed by atoms with van der Waals surface area (Å²) in [6.45, 7) is -0.0132. The number of rotatable bonds is 8. The van der Waals surface area contributed by atoms with E-state index >= 15 is 0 Å². The zero-order valence-corrected chi connectivity index (χ0v) is 18.0. The van der Waals surface area contributed by atoms with E-state index in [0.717, 1.165) is 6.07 Å². The molecule has 2 aromatic carbocycles. The minimum Gasteiger partial charge on any atom is -0.493 e. The van der Waals surface area contributed by atoms with Crippen molar-refractivity contribution in [1.82, 2.24) is 5.43 Å². The van der Waals surface area contributed by atoms with Crippen LogP contribution in [0.1, 0.15) is 11.1 Å². The van der Waals surface area contributed by atoms with Crippen molar-refractivity contribution in [3.05, 3.63) is 56.5 Å². The van der Waals surface area contributed by atoms with Gasteiger partial charge in [0.05, 0.1) is 28.4 Å². The van der Waals surface area contributed by atoms with Crippen molar-refractivity contribution in [2.45, 2.75) is 24.8 Å². The zero-order valence-electron chi connectivity index (χ0n) is 15.7. The summed E-state index contributed by atoms with van der Waals surface area (Å²) in [6, 6.07) is 1.36. The van der Waals surface area contributed by atoms with Gasteiger partial charge in [-0.3, -0.25) is 0 Å². The number of benzene rings is 2. The van der Waals surface area contributed by atoms with E-state index in [-0.39, 0.29) is 33.7 Å². The van der Waals surface area contributed by atoms with Gasteiger partial charge in [-0.2, -0.15) is 35.8 Å². The van der Waals surface area contributed by atoms with Gasteiger partial charge in [0.15, 0.2) is 11.5 Å². The van der Waals surface area contributed by atoms with Crippen LogP contribution in [-0.4, -0.2) is 31.5 Å². The largest absolute Gasteiger partial charge is 0.493 e. The van der Waals surface area contributed by atoms with E-state index in [0.29, 0.717) is 22.2 Å². The summed E-state index contributed by atoms with van der Waals surface area (Å²) in [7, 11) is 1.23. The predicted molar refractivity (Wildman–Crippen MR) is 105 cm³/mol. The smallest absolute Gasteiger partial charge is 0.462 e. The highest BCUT2D eigenvalue weighted by atomic mass is 35.5. The highest BCUT2D eigenvalue weighted by Gasteiger charge is 2.73. The summed E-state index contributed by atoms with van der Waals surface area (Å²) in [6.07, 6.45) is -5.93. The van der Waals surface area contributed by atoms with Crippen LogP contribution < -0.4 is 14.9 Å². The van der Waals surface area contributed by atoms with Gasteiger partial charge in [0, 0.05) is 0 Å². The normalized spacial score (nSPS) is 12.8. The van der Waals surface area contributed by atoms with Gasteiger partial charge in [0.2, 0.25) is 0 Å². The fourth-order valence-corrected chi connectivity index (χ4v) is 2.77. The van der Waals surface area contributed by atoms with Crippen molar-refractivity contribution < 1.29 is 40.2 Å². The van der Waals surface area contributed by atoms with Crippen molar-refractivity contribution >= 4 is 41.0 Å². The molecule has 0 aliphatic carbocycles. The van der Waals surface area contributed by atoms with Gasteiger partial charge in [-0.1, -0.05) is 40.9 Å².